The van der Waals surface area contributed by atoms with Crippen LogP contribution in [-0.2, 0) is 4.79 Å². The van der Waals surface area contributed by atoms with E-state index in [1.54, 1.807) is 56.6 Å². The second-order valence-corrected chi connectivity index (χ2v) is 7.81. The maximum Gasteiger partial charge on any atom is 0.253 e. The first-order valence-corrected chi connectivity index (χ1v) is 9.91. The molecule has 0 aliphatic rings. The van der Waals surface area contributed by atoms with Crippen LogP contribution >= 0.6 is 0 Å². The summed E-state index contributed by atoms with van der Waals surface area (Å²) < 4.78 is 0. The lowest BCUT2D eigenvalue weighted by atomic mass is 10.1. The Kier molecular flexibility index (Phi) is 7.98. The number of carbonyl (C=O) groups excluding carboxylic acids is 3. The molecule has 0 aliphatic heterocycles. The quantitative estimate of drug-likeness (QED) is 0.624. The monoisotopic (exact) mass is 410 g/mol. The lowest BCUT2D eigenvalue weighted by molar-refractivity contribution is -0.114. The fraction of sp³-hybridized carbons (Fsp3) is 0.348. The van der Waals surface area contributed by atoms with Crippen molar-refractivity contribution < 1.29 is 14.4 Å². The van der Waals surface area contributed by atoms with Crippen LogP contribution < -0.4 is 16.0 Å². The maximum absolute atomic E-state index is 12.2. The number of nitrogens with one attached hydrogen (secondary N) is 3. The van der Waals surface area contributed by atoms with E-state index >= 15 is 0 Å². The van der Waals surface area contributed by atoms with Crippen molar-refractivity contribution in [1.82, 2.24) is 10.2 Å². The van der Waals surface area contributed by atoms with Crippen LogP contribution in [0.1, 0.15) is 40.1 Å². The lowest BCUT2D eigenvalue weighted by Crippen LogP contribution is -2.27. The Morgan fingerprint density at radius 2 is 1.60 bits per heavy atom. The van der Waals surface area contributed by atoms with Crippen molar-refractivity contribution in [3.05, 3.63) is 59.2 Å². The highest BCUT2D eigenvalue weighted by atomic mass is 16.2. The number of hydrogen-bond donors (Lipinski definition) is 3. The van der Waals surface area contributed by atoms with Gasteiger partial charge in [0, 0.05) is 43.1 Å². The molecule has 0 aliphatic carbocycles. The SMILES string of the molecule is Cc1cc(C(=O)NCC(C)C)ccc1NCC(=O)Nc1ccc(C(=O)N(C)C)cc1. The van der Waals surface area contributed by atoms with Gasteiger partial charge in [0.1, 0.15) is 0 Å². The highest BCUT2D eigenvalue weighted by Crippen LogP contribution is 2.17. The molecule has 2 aromatic carbocycles. The third kappa shape index (κ3) is 6.62. The van der Waals surface area contributed by atoms with E-state index in [1.165, 1.54) is 4.90 Å². The number of nitrogens with zero attached hydrogens (tertiary/aromatic N) is 1. The summed E-state index contributed by atoms with van der Waals surface area (Å²) >= 11 is 0. The molecule has 0 unspecified atom stereocenters. The Labute approximate surface area is 177 Å². The molecule has 7 nitrogen and oxygen atoms in total. The summed E-state index contributed by atoms with van der Waals surface area (Å²) in [7, 11) is 3.38. The molecule has 160 valence electrons. The third-order valence-corrected chi connectivity index (χ3v) is 4.42. The molecule has 2 rings (SSSR count). The zero-order chi connectivity index (χ0) is 22.3. The number of carbonyl (C=O) groups is 3. The van der Waals surface area contributed by atoms with Gasteiger partial charge in [-0.05, 0) is 60.9 Å². The average Bonchev–Trinajstić information content (AvgIpc) is 2.71. The molecule has 3 N–H and O–H groups in total. The van der Waals surface area contributed by atoms with Crippen molar-refractivity contribution in [2.45, 2.75) is 20.8 Å². The smallest absolute Gasteiger partial charge is 0.253 e. The van der Waals surface area contributed by atoms with Gasteiger partial charge < -0.3 is 20.9 Å². The summed E-state index contributed by atoms with van der Waals surface area (Å²) in [5.74, 6) is -0.0161. The molecule has 7 heteroatoms. The van der Waals surface area contributed by atoms with Crippen LogP contribution in [-0.4, -0.2) is 49.8 Å². The van der Waals surface area contributed by atoms with E-state index in [-0.39, 0.29) is 24.3 Å². The van der Waals surface area contributed by atoms with Gasteiger partial charge in [0.05, 0.1) is 6.54 Å². The first-order valence-electron chi connectivity index (χ1n) is 9.91. The van der Waals surface area contributed by atoms with Gasteiger partial charge in [-0.25, -0.2) is 0 Å². The van der Waals surface area contributed by atoms with Crippen molar-refractivity contribution in [3.63, 3.8) is 0 Å². The Morgan fingerprint density at radius 3 is 2.17 bits per heavy atom. The van der Waals surface area contributed by atoms with Gasteiger partial charge >= 0.3 is 0 Å². The van der Waals surface area contributed by atoms with Crippen molar-refractivity contribution in [1.29, 1.82) is 0 Å². The minimum Gasteiger partial charge on any atom is -0.376 e. The van der Waals surface area contributed by atoms with Gasteiger partial charge in [0.2, 0.25) is 5.91 Å². The van der Waals surface area contributed by atoms with Crippen LogP contribution in [0.15, 0.2) is 42.5 Å². The first-order chi connectivity index (χ1) is 14.2. The second kappa shape index (κ2) is 10.4. The molecular weight excluding hydrogens is 380 g/mol. The fourth-order valence-corrected chi connectivity index (χ4v) is 2.74. The standard InChI is InChI=1S/C23H30N4O3/c1-15(2)13-25-22(29)18-8-11-20(16(3)12-18)24-14-21(28)26-19-9-6-17(7-10-19)23(30)27(4)5/h6-12,15,24H,13-14H2,1-5H3,(H,25,29)(H,26,28). The topological polar surface area (TPSA) is 90.5 Å². The van der Waals surface area contributed by atoms with E-state index in [1.807, 2.05) is 20.8 Å². The Balaban J connectivity index is 1.90. The summed E-state index contributed by atoms with van der Waals surface area (Å²) in [5, 5.41) is 8.78. The number of rotatable bonds is 8. The number of hydrogen-bond acceptors (Lipinski definition) is 4. The molecule has 0 bridgehead atoms. The Hall–Kier alpha value is -3.35. The molecule has 0 atom stereocenters. The van der Waals surface area contributed by atoms with E-state index in [9.17, 15) is 14.4 Å². The average molecular weight is 411 g/mol. The minimum atomic E-state index is -0.208. The summed E-state index contributed by atoms with van der Waals surface area (Å²) in [5.41, 5.74) is 3.44. The van der Waals surface area contributed by atoms with Crippen LogP contribution in [0.4, 0.5) is 11.4 Å². The minimum absolute atomic E-state index is 0.0815. The molecule has 2 aromatic rings. The first kappa shape index (κ1) is 22.9. The molecule has 0 fully saturated rings. The lowest BCUT2D eigenvalue weighted by Gasteiger charge is -2.13. The van der Waals surface area contributed by atoms with Crippen molar-refractivity contribution in [2.24, 2.45) is 5.92 Å². The second-order valence-electron chi connectivity index (χ2n) is 7.81. The van der Waals surface area contributed by atoms with Gasteiger partial charge in [0.15, 0.2) is 0 Å². The number of benzene rings is 2. The zero-order valence-electron chi connectivity index (χ0n) is 18.2. The normalized spacial score (nSPS) is 10.5. The summed E-state index contributed by atoms with van der Waals surface area (Å²) in [6.07, 6.45) is 0. The van der Waals surface area contributed by atoms with Gasteiger partial charge in [-0.3, -0.25) is 14.4 Å². The predicted molar refractivity (Wildman–Crippen MR) is 120 cm³/mol. The molecule has 0 spiro atoms. The van der Waals surface area contributed by atoms with E-state index in [0.29, 0.717) is 29.3 Å². The summed E-state index contributed by atoms with van der Waals surface area (Å²) in [6, 6.07) is 12.1. The summed E-state index contributed by atoms with van der Waals surface area (Å²) in [4.78, 5) is 37.8. The highest BCUT2D eigenvalue weighted by Gasteiger charge is 2.10. The molecular formula is C23H30N4O3. The van der Waals surface area contributed by atoms with Crippen LogP contribution in [0.5, 0.6) is 0 Å². The van der Waals surface area contributed by atoms with E-state index in [4.69, 9.17) is 0 Å². The van der Waals surface area contributed by atoms with Crippen LogP contribution in [0.25, 0.3) is 0 Å². The van der Waals surface area contributed by atoms with Crippen LogP contribution in [0, 0.1) is 12.8 Å². The molecule has 0 saturated heterocycles. The number of aryl methyl sites for hydroxylation is 1. The highest BCUT2D eigenvalue weighted by molar-refractivity contribution is 5.97. The van der Waals surface area contributed by atoms with Crippen LogP contribution in [0.2, 0.25) is 0 Å². The molecule has 30 heavy (non-hydrogen) atoms. The number of anilines is 2. The van der Waals surface area contributed by atoms with E-state index < -0.39 is 0 Å². The molecule has 0 radical (unpaired) electrons. The van der Waals surface area contributed by atoms with Crippen LogP contribution in [0.3, 0.4) is 0 Å². The molecule has 3 amide bonds. The van der Waals surface area contributed by atoms with Gasteiger partial charge in [-0.2, -0.15) is 0 Å². The Morgan fingerprint density at radius 1 is 0.967 bits per heavy atom. The molecule has 0 saturated carbocycles. The molecule has 0 aromatic heterocycles. The maximum atomic E-state index is 12.2. The predicted octanol–water partition coefficient (Wildman–Crippen LogP) is 3.13. The van der Waals surface area contributed by atoms with Crippen molar-refractivity contribution >= 4 is 29.1 Å². The van der Waals surface area contributed by atoms with E-state index in [0.717, 1.165) is 11.3 Å². The Bertz CT molecular complexity index is 905. The van der Waals surface area contributed by atoms with Crippen molar-refractivity contribution in [2.75, 3.05) is 37.8 Å². The van der Waals surface area contributed by atoms with Gasteiger partial charge in [-0.1, -0.05) is 13.8 Å². The van der Waals surface area contributed by atoms with Crippen molar-refractivity contribution in [3.8, 4) is 0 Å². The van der Waals surface area contributed by atoms with Gasteiger partial charge in [-0.15, -0.1) is 0 Å². The fourth-order valence-electron chi connectivity index (χ4n) is 2.74. The zero-order valence-corrected chi connectivity index (χ0v) is 18.2. The third-order valence-electron chi connectivity index (χ3n) is 4.42. The largest absolute Gasteiger partial charge is 0.376 e. The van der Waals surface area contributed by atoms with Gasteiger partial charge in [0.25, 0.3) is 11.8 Å². The number of amides is 3. The molecule has 0 heterocycles. The van der Waals surface area contributed by atoms with E-state index in [2.05, 4.69) is 16.0 Å². The summed E-state index contributed by atoms with van der Waals surface area (Å²) in [6.45, 7) is 6.68.